The normalized spacial score (nSPS) is 19.8. The first-order chi connectivity index (χ1) is 7.99. The fourth-order valence-corrected chi connectivity index (χ4v) is 2.48. The van der Waals surface area contributed by atoms with E-state index in [4.69, 9.17) is 5.73 Å². The molecule has 0 saturated carbocycles. The molecule has 0 bridgehead atoms. The molecule has 1 aliphatic rings. The highest BCUT2D eigenvalue weighted by molar-refractivity contribution is 14.1. The van der Waals surface area contributed by atoms with Gasteiger partial charge in [0, 0.05) is 22.2 Å². The third kappa shape index (κ3) is 2.43. The first kappa shape index (κ1) is 12.3. The van der Waals surface area contributed by atoms with E-state index in [9.17, 15) is 9.59 Å². The van der Waals surface area contributed by atoms with Crippen molar-refractivity contribution in [2.24, 2.45) is 11.7 Å². The number of nitrogens with zero attached hydrogens (tertiary/aromatic N) is 1. The first-order valence-corrected chi connectivity index (χ1v) is 6.42. The summed E-state index contributed by atoms with van der Waals surface area (Å²) < 4.78 is 1.07. The number of hydrogen-bond donors (Lipinski definition) is 1. The van der Waals surface area contributed by atoms with Crippen molar-refractivity contribution >= 4 is 40.1 Å². The van der Waals surface area contributed by atoms with E-state index < -0.39 is 5.91 Å². The third-order valence-corrected chi connectivity index (χ3v) is 3.66. The summed E-state index contributed by atoms with van der Waals surface area (Å²) in [5, 5.41) is 0. The van der Waals surface area contributed by atoms with Crippen LogP contribution in [0.4, 0.5) is 5.69 Å². The molecular weight excluding hydrogens is 331 g/mol. The average Bonchev–Trinajstić information content (AvgIpc) is 2.64. The molecule has 2 amide bonds. The van der Waals surface area contributed by atoms with Crippen molar-refractivity contribution in [3.63, 3.8) is 0 Å². The predicted molar refractivity (Wildman–Crippen MR) is 73.6 cm³/mol. The van der Waals surface area contributed by atoms with Gasteiger partial charge in [0.2, 0.25) is 11.8 Å². The van der Waals surface area contributed by atoms with Gasteiger partial charge >= 0.3 is 0 Å². The average molecular weight is 344 g/mol. The molecule has 1 heterocycles. The Labute approximate surface area is 113 Å². The van der Waals surface area contributed by atoms with Crippen molar-refractivity contribution in [1.29, 1.82) is 0 Å². The molecule has 17 heavy (non-hydrogen) atoms. The molecule has 4 nitrogen and oxygen atoms in total. The van der Waals surface area contributed by atoms with Gasteiger partial charge in [0.15, 0.2) is 0 Å². The molecule has 0 radical (unpaired) electrons. The standard InChI is InChI=1S/C12H13IN2O2/c1-7-2-3-9(13)5-10(7)15-6-8(12(14)17)4-11(15)16/h2-3,5,8H,4,6H2,1H3,(H2,14,17). The van der Waals surface area contributed by atoms with Gasteiger partial charge in [-0.05, 0) is 47.2 Å². The van der Waals surface area contributed by atoms with Crippen LogP contribution in [0.1, 0.15) is 12.0 Å². The van der Waals surface area contributed by atoms with Gasteiger partial charge < -0.3 is 10.6 Å². The van der Waals surface area contributed by atoms with E-state index in [2.05, 4.69) is 22.6 Å². The molecule has 1 aliphatic heterocycles. The van der Waals surface area contributed by atoms with Crippen LogP contribution in [-0.4, -0.2) is 18.4 Å². The van der Waals surface area contributed by atoms with Gasteiger partial charge in [-0.2, -0.15) is 0 Å². The fraction of sp³-hybridized carbons (Fsp3) is 0.333. The largest absolute Gasteiger partial charge is 0.369 e. The molecule has 0 spiro atoms. The maximum Gasteiger partial charge on any atom is 0.227 e. The van der Waals surface area contributed by atoms with Crippen molar-refractivity contribution in [1.82, 2.24) is 0 Å². The van der Waals surface area contributed by atoms with Crippen LogP contribution in [0.15, 0.2) is 18.2 Å². The molecule has 1 atom stereocenters. The summed E-state index contributed by atoms with van der Waals surface area (Å²) in [6, 6.07) is 5.92. The Morgan fingerprint density at radius 1 is 1.53 bits per heavy atom. The van der Waals surface area contributed by atoms with Crippen LogP contribution in [0, 0.1) is 16.4 Å². The molecule has 1 aromatic rings. The Balaban J connectivity index is 2.32. The van der Waals surface area contributed by atoms with Crippen LogP contribution >= 0.6 is 22.6 Å². The number of rotatable bonds is 2. The first-order valence-electron chi connectivity index (χ1n) is 5.35. The number of primary amides is 1. The summed E-state index contributed by atoms with van der Waals surface area (Å²) in [6.45, 7) is 2.35. The predicted octanol–water partition coefficient (Wildman–Crippen LogP) is 1.44. The number of carbonyl (C=O) groups is 2. The van der Waals surface area contributed by atoms with Crippen LogP contribution < -0.4 is 10.6 Å². The molecular formula is C12H13IN2O2. The van der Waals surface area contributed by atoms with Crippen molar-refractivity contribution in [3.05, 3.63) is 27.3 Å². The molecule has 1 fully saturated rings. The fourth-order valence-electron chi connectivity index (χ4n) is 2.00. The van der Waals surface area contributed by atoms with Gasteiger partial charge in [-0.3, -0.25) is 9.59 Å². The Hall–Kier alpha value is -1.11. The summed E-state index contributed by atoms with van der Waals surface area (Å²) in [6.07, 6.45) is 0.222. The minimum atomic E-state index is -0.399. The molecule has 90 valence electrons. The summed E-state index contributed by atoms with van der Waals surface area (Å²) in [5.41, 5.74) is 7.16. The number of benzene rings is 1. The van der Waals surface area contributed by atoms with Gasteiger partial charge in [-0.25, -0.2) is 0 Å². The van der Waals surface area contributed by atoms with Crippen molar-refractivity contribution in [2.45, 2.75) is 13.3 Å². The zero-order chi connectivity index (χ0) is 12.6. The second-order valence-electron chi connectivity index (χ2n) is 4.24. The lowest BCUT2D eigenvalue weighted by atomic mass is 10.1. The summed E-state index contributed by atoms with van der Waals surface area (Å²) in [7, 11) is 0. The number of amides is 2. The summed E-state index contributed by atoms with van der Waals surface area (Å²) in [5.74, 6) is -0.789. The van der Waals surface area contributed by atoms with Crippen LogP contribution in [0.25, 0.3) is 0 Å². The smallest absolute Gasteiger partial charge is 0.227 e. The van der Waals surface area contributed by atoms with E-state index in [0.29, 0.717) is 6.54 Å². The van der Waals surface area contributed by atoms with E-state index in [1.165, 1.54) is 0 Å². The number of hydrogen-bond acceptors (Lipinski definition) is 2. The van der Waals surface area contributed by atoms with Gasteiger partial charge in [-0.15, -0.1) is 0 Å². The maximum absolute atomic E-state index is 11.9. The lowest BCUT2D eigenvalue weighted by Crippen LogP contribution is -2.28. The van der Waals surface area contributed by atoms with Crippen molar-refractivity contribution in [2.75, 3.05) is 11.4 Å². The number of aryl methyl sites for hydroxylation is 1. The monoisotopic (exact) mass is 344 g/mol. The highest BCUT2D eigenvalue weighted by Crippen LogP contribution is 2.29. The number of nitrogens with two attached hydrogens (primary N) is 1. The molecule has 0 aliphatic carbocycles. The van der Waals surface area contributed by atoms with Crippen molar-refractivity contribution in [3.8, 4) is 0 Å². The lowest BCUT2D eigenvalue weighted by Gasteiger charge is -2.19. The number of anilines is 1. The second-order valence-corrected chi connectivity index (χ2v) is 5.48. The highest BCUT2D eigenvalue weighted by atomic mass is 127. The van der Waals surface area contributed by atoms with E-state index >= 15 is 0 Å². The molecule has 1 saturated heterocycles. The molecule has 2 rings (SSSR count). The topological polar surface area (TPSA) is 63.4 Å². The van der Waals surface area contributed by atoms with Gasteiger partial charge in [0.1, 0.15) is 0 Å². The van der Waals surface area contributed by atoms with E-state index in [1.807, 2.05) is 25.1 Å². The summed E-state index contributed by atoms with van der Waals surface area (Å²) >= 11 is 2.20. The third-order valence-electron chi connectivity index (χ3n) is 2.99. The van der Waals surface area contributed by atoms with Gasteiger partial charge in [0.05, 0.1) is 5.92 Å². The van der Waals surface area contributed by atoms with Crippen LogP contribution in [-0.2, 0) is 9.59 Å². The molecule has 1 unspecified atom stereocenters. The quantitative estimate of drug-likeness (QED) is 0.826. The lowest BCUT2D eigenvalue weighted by molar-refractivity contribution is -0.123. The Morgan fingerprint density at radius 3 is 2.82 bits per heavy atom. The number of halogens is 1. The van der Waals surface area contributed by atoms with E-state index in [1.54, 1.807) is 4.90 Å². The Kier molecular flexibility index (Phi) is 3.37. The SMILES string of the molecule is Cc1ccc(I)cc1N1CC(C(N)=O)CC1=O. The summed E-state index contributed by atoms with van der Waals surface area (Å²) in [4.78, 5) is 24.6. The molecule has 0 aromatic heterocycles. The molecule has 1 aromatic carbocycles. The Morgan fingerprint density at radius 2 is 2.24 bits per heavy atom. The van der Waals surface area contributed by atoms with Crippen LogP contribution in [0.2, 0.25) is 0 Å². The number of carbonyl (C=O) groups excluding carboxylic acids is 2. The zero-order valence-electron chi connectivity index (χ0n) is 9.44. The molecule has 5 heteroatoms. The van der Waals surface area contributed by atoms with Crippen LogP contribution in [0.3, 0.4) is 0 Å². The van der Waals surface area contributed by atoms with E-state index in [-0.39, 0.29) is 18.2 Å². The minimum absolute atomic E-state index is 0.0288. The minimum Gasteiger partial charge on any atom is -0.369 e. The second kappa shape index (κ2) is 4.64. The molecule has 2 N–H and O–H groups in total. The van der Waals surface area contributed by atoms with Gasteiger partial charge in [0.25, 0.3) is 0 Å². The highest BCUT2D eigenvalue weighted by Gasteiger charge is 2.34. The van der Waals surface area contributed by atoms with Crippen LogP contribution in [0.5, 0.6) is 0 Å². The maximum atomic E-state index is 11.9. The Bertz CT molecular complexity index is 487. The zero-order valence-corrected chi connectivity index (χ0v) is 11.6. The van der Waals surface area contributed by atoms with Gasteiger partial charge in [-0.1, -0.05) is 6.07 Å². The van der Waals surface area contributed by atoms with Crippen molar-refractivity contribution < 1.29 is 9.59 Å². The van der Waals surface area contributed by atoms with E-state index in [0.717, 1.165) is 14.8 Å².